The quantitative estimate of drug-likeness (QED) is 0.824. The van der Waals surface area contributed by atoms with E-state index in [2.05, 4.69) is 4.90 Å². The van der Waals surface area contributed by atoms with Crippen molar-refractivity contribution in [3.8, 4) is 0 Å². The number of rotatable bonds is 3. The molecule has 1 aliphatic rings. The van der Waals surface area contributed by atoms with Gasteiger partial charge in [-0.05, 0) is 54.8 Å². The summed E-state index contributed by atoms with van der Waals surface area (Å²) < 4.78 is 13.1. The average Bonchev–Trinajstić information content (AvgIpc) is 2.60. The van der Waals surface area contributed by atoms with Crippen molar-refractivity contribution in [3.05, 3.63) is 69.5 Å². The number of aryl methyl sites for hydroxylation is 2. The molecule has 0 spiro atoms. The summed E-state index contributed by atoms with van der Waals surface area (Å²) in [5.74, 6) is -0.236. The lowest BCUT2D eigenvalue weighted by Gasteiger charge is -2.35. The van der Waals surface area contributed by atoms with E-state index in [0.29, 0.717) is 24.7 Å². The van der Waals surface area contributed by atoms with Gasteiger partial charge in [0.1, 0.15) is 5.82 Å². The zero-order chi connectivity index (χ0) is 18.0. The van der Waals surface area contributed by atoms with Crippen LogP contribution >= 0.6 is 11.6 Å². The van der Waals surface area contributed by atoms with Crippen LogP contribution in [0, 0.1) is 19.7 Å². The minimum atomic E-state index is -0.322. The lowest BCUT2D eigenvalue weighted by molar-refractivity contribution is 0.0628. The Morgan fingerprint density at radius 2 is 1.76 bits per heavy atom. The third-order valence-corrected chi connectivity index (χ3v) is 5.17. The van der Waals surface area contributed by atoms with E-state index in [4.69, 9.17) is 11.6 Å². The number of benzene rings is 2. The number of hydrogen-bond acceptors (Lipinski definition) is 2. The molecule has 0 atom stereocenters. The molecule has 0 radical (unpaired) electrons. The van der Waals surface area contributed by atoms with E-state index in [1.807, 2.05) is 36.9 Å². The molecule has 2 aromatic carbocycles. The number of hydrogen-bond donors (Lipinski definition) is 0. The van der Waals surface area contributed by atoms with Crippen LogP contribution in [0.1, 0.15) is 27.0 Å². The molecule has 0 saturated carbocycles. The number of halogens is 2. The van der Waals surface area contributed by atoms with Gasteiger partial charge in [0, 0.05) is 43.3 Å². The fourth-order valence-corrected chi connectivity index (χ4v) is 3.28. The highest BCUT2D eigenvalue weighted by atomic mass is 35.5. The van der Waals surface area contributed by atoms with Crippen molar-refractivity contribution in [1.29, 1.82) is 0 Å². The van der Waals surface area contributed by atoms with Gasteiger partial charge in [-0.3, -0.25) is 9.69 Å². The summed E-state index contributed by atoms with van der Waals surface area (Å²) in [5, 5.41) is 0.452. The minimum absolute atomic E-state index is 0.0857. The summed E-state index contributed by atoms with van der Waals surface area (Å²) in [7, 11) is 0. The largest absolute Gasteiger partial charge is 0.336 e. The second-order valence-corrected chi connectivity index (χ2v) is 7.01. The van der Waals surface area contributed by atoms with Gasteiger partial charge in [-0.2, -0.15) is 0 Å². The molecule has 1 aliphatic heterocycles. The van der Waals surface area contributed by atoms with E-state index >= 15 is 0 Å². The number of nitrogens with zero attached hydrogens (tertiary/aromatic N) is 2. The zero-order valence-corrected chi connectivity index (χ0v) is 15.3. The van der Waals surface area contributed by atoms with E-state index in [-0.39, 0.29) is 11.7 Å². The van der Waals surface area contributed by atoms with Crippen molar-refractivity contribution in [1.82, 2.24) is 9.80 Å². The van der Waals surface area contributed by atoms with Crippen molar-refractivity contribution in [2.24, 2.45) is 0 Å². The third-order valence-electron chi connectivity index (χ3n) is 4.82. The topological polar surface area (TPSA) is 23.6 Å². The Labute approximate surface area is 153 Å². The highest BCUT2D eigenvalue weighted by Crippen LogP contribution is 2.20. The third kappa shape index (κ3) is 4.20. The molecule has 0 unspecified atom stereocenters. The molecular formula is C20H22ClFN2O. The SMILES string of the molecule is Cc1ccc(C(=O)N2CCN(Cc3ccc(F)cc3Cl)CC2)cc1C. The van der Waals surface area contributed by atoms with Crippen LogP contribution in [0.25, 0.3) is 0 Å². The zero-order valence-electron chi connectivity index (χ0n) is 14.6. The van der Waals surface area contributed by atoms with Gasteiger partial charge in [-0.15, -0.1) is 0 Å². The van der Waals surface area contributed by atoms with Crippen LogP contribution in [0.15, 0.2) is 36.4 Å². The van der Waals surface area contributed by atoms with Gasteiger partial charge in [-0.1, -0.05) is 23.7 Å². The van der Waals surface area contributed by atoms with Gasteiger partial charge in [0.05, 0.1) is 0 Å². The first-order chi connectivity index (χ1) is 11.9. The smallest absolute Gasteiger partial charge is 0.253 e. The molecule has 1 heterocycles. The summed E-state index contributed by atoms with van der Waals surface area (Å²) in [6, 6.07) is 10.4. The summed E-state index contributed by atoms with van der Waals surface area (Å²) >= 11 is 6.10. The standard InChI is InChI=1S/C20H22ClFN2O/c1-14-3-4-16(11-15(14)2)20(25)24-9-7-23(8-10-24)13-17-5-6-18(22)12-19(17)21/h3-6,11-12H,7-10,13H2,1-2H3. The van der Waals surface area contributed by atoms with Gasteiger partial charge < -0.3 is 4.90 Å². The van der Waals surface area contributed by atoms with Gasteiger partial charge in [0.2, 0.25) is 0 Å². The average molecular weight is 361 g/mol. The number of carbonyl (C=O) groups excluding carboxylic acids is 1. The monoisotopic (exact) mass is 360 g/mol. The van der Waals surface area contributed by atoms with Crippen LogP contribution in [-0.4, -0.2) is 41.9 Å². The van der Waals surface area contributed by atoms with Crippen LogP contribution in [0.2, 0.25) is 5.02 Å². The van der Waals surface area contributed by atoms with E-state index in [1.165, 1.54) is 17.7 Å². The Kier molecular flexibility index (Phi) is 5.40. The molecule has 5 heteroatoms. The van der Waals surface area contributed by atoms with E-state index < -0.39 is 0 Å². The predicted octanol–water partition coefficient (Wildman–Crippen LogP) is 4.05. The summed E-state index contributed by atoms with van der Waals surface area (Å²) in [5.41, 5.74) is 3.99. The first kappa shape index (κ1) is 17.9. The van der Waals surface area contributed by atoms with E-state index in [0.717, 1.165) is 29.8 Å². The van der Waals surface area contributed by atoms with Gasteiger partial charge >= 0.3 is 0 Å². The van der Waals surface area contributed by atoms with Crippen LogP contribution in [0.5, 0.6) is 0 Å². The Balaban J connectivity index is 1.59. The molecule has 0 aliphatic carbocycles. The first-order valence-electron chi connectivity index (χ1n) is 8.47. The Bertz CT molecular complexity index is 785. The van der Waals surface area contributed by atoms with Crippen LogP contribution in [0.4, 0.5) is 4.39 Å². The molecular weight excluding hydrogens is 339 g/mol. The minimum Gasteiger partial charge on any atom is -0.336 e. The second kappa shape index (κ2) is 7.54. The predicted molar refractivity (Wildman–Crippen MR) is 98.5 cm³/mol. The molecule has 1 saturated heterocycles. The maximum Gasteiger partial charge on any atom is 0.253 e. The van der Waals surface area contributed by atoms with Crippen LogP contribution in [0.3, 0.4) is 0 Å². The second-order valence-electron chi connectivity index (χ2n) is 6.60. The lowest BCUT2D eigenvalue weighted by atomic mass is 10.1. The van der Waals surface area contributed by atoms with Gasteiger partial charge in [-0.25, -0.2) is 4.39 Å². The van der Waals surface area contributed by atoms with Crippen molar-refractivity contribution in [3.63, 3.8) is 0 Å². The van der Waals surface area contributed by atoms with Crippen LogP contribution in [-0.2, 0) is 6.54 Å². The van der Waals surface area contributed by atoms with E-state index in [1.54, 1.807) is 6.07 Å². The fourth-order valence-electron chi connectivity index (χ4n) is 3.06. The molecule has 0 N–H and O–H groups in total. The Hall–Kier alpha value is -1.91. The van der Waals surface area contributed by atoms with Crippen molar-refractivity contribution in [2.45, 2.75) is 20.4 Å². The first-order valence-corrected chi connectivity index (χ1v) is 8.84. The van der Waals surface area contributed by atoms with Crippen LogP contribution < -0.4 is 0 Å². The maximum absolute atomic E-state index is 13.1. The summed E-state index contributed by atoms with van der Waals surface area (Å²) in [6.45, 7) is 7.67. The molecule has 3 nitrogen and oxygen atoms in total. The maximum atomic E-state index is 13.1. The molecule has 1 amide bonds. The Morgan fingerprint density at radius 1 is 1.04 bits per heavy atom. The molecule has 2 aromatic rings. The Morgan fingerprint density at radius 3 is 2.40 bits per heavy atom. The highest BCUT2D eigenvalue weighted by molar-refractivity contribution is 6.31. The van der Waals surface area contributed by atoms with Crippen molar-refractivity contribution < 1.29 is 9.18 Å². The lowest BCUT2D eigenvalue weighted by Crippen LogP contribution is -2.48. The van der Waals surface area contributed by atoms with Gasteiger partial charge in [0.25, 0.3) is 5.91 Å². The molecule has 0 aromatic heterocycles. The van der Waals surface area contributed by atoms with Crippen molar-refractivity contribution in [2.75, 3.05) is 26.2 Å². The molecule has 25 heavy (non-hydrogen) atoms. The molecule has 132 valence electrons. The number of amides is 1. The molecule has 1 fully saturated rings. The molecule has 3 rings (SSSR count). The van der Waals surface area contributed by atoms with Gasteiger partial charge in [0.15, 0.2) is 0 Å². The highest BCUT2D eigenvalue weighted by Gasteiger charge is 2.22. The summed E-state index contributed by atoms with van der Waals surface area (Å²) in [6.07, 6.45) is 0. The van der Waals surface area contributed by atoms with E-state index in [9.17, 15) is 9.18 Å². The normalized spacial score (nSPS) is 15.4. The number of piperazine rings is 1. The van der Waals surface area contributed by atoms with Crippen molar-refractivity contribution >= 4 is 17.5 Å². The number of carbonyl (C=O) groups is 1. The summed E-state index contributed by atoms with van der Waals surface area (Å²) in [4.78, 5) is 16.8. The molecule has 0 bridgehead atoms. The fraction of sp³-hybridized carbons (Fsp3) is 0.350.